The molecular weight excluding hydrogens is 383 g/mol. The second kappa shape index (κ2) is 7.59. The van der Waals surface area contributed by atoms with E-state index in [4.69, 9.17) is 0 Å². The maximum absolute atomic E-state index is 12.7. The topological polar surface area (TPSA) is 80.1 Å². The largest absolute Gasteiger partial charge is 0.451 e. The van der Waals surface area contributed by atoms with E-state index in [-0.39, 0.29) is 22.7 Å². The zero-order valence-electron chi connectivity index (χ0n) is 14.3. The number of hydrogen-bond acceptors (Lipinski definition) is 5. The van der Waals surface area contributed by atoms with Gasteiger partial charge in [0.15, 0.2) is 5.16 Å². The number of hydrogen-bond donors (Lipinski definition) is 1. The van der Waals surface area contributed by atoms with Gasteiger partial charge in [-0.2, -0.15) is 13.2 Å². The fraction of sp³-hybridized carbons (Fsp3) is 0.375. The third-order valence-corrected chi connectivity index (χ3v) is 4.98. The number of carbonyl (C=O) groups excluding carboxylic acids is 2. The van der Waals surface area contributed by atoms with Gasteiger partial charge < -0.3 is 14.8 Å². The number of anilines is 2. The summed E-state index contributed by atoms with van der Waals surface area (Å²) in [5.74, 6) is -1.54. The predicted molar refractivity (Wildman–Crippen MR) is 93.4 cm³/mol. The highest BCUT2D eigenvalue weighted by Gasteiger charge is 2.37. The summed E-state index contributed by atoms with van der Waals surface area (Å²) in [6.07, 6.45) is -3.23. The molecule has 0 bridgehead atoms. The minimum absolute atomic E-state index is 0.000341. The summed E-state index contributed by atoms with van der Waals surface area (Å²) in [5.41, 5.74) is 1.30. The smallest absolute Gasteiger partial charge is 0.325 e. The first-order valence-electron chi connectivity index (χ1n) is 8.05. The van der Waals surface area contributed by atoms with Crippen molar-refractivity contribution in [3.63, 3.8) is 0 Å². The van der Waals surface area contributed by atoms with Gasteiger partial charge in [-0.15, -0.1) is 10.2 Å². The summed E-state index contributed by atoms with van der Waals surface area (Å²) < 4.78 is 38.8. The van der Waals surface area contributed by atoms with Gasteiger partial charge in [0.25, 0.3) is 0 Å². The van der Waals surface area contributed by atoms with Crippen LogP contribution in [0.5, 0.6) is 0 Å². The molecule has 27 heavy (non-hydrogen) atoms. The molecule has 1 aliphatic heterocycles. The number of alkyl halides is 3. The van der Waals surface area contributed by atoms with E-state index in [0.29, 0.717) is 18.7 Å². The molecule has 1 aliphatic rings. The van der Waals surface area contributed by atoms with E-state index in [0.717, 1.165) is 28.4 Å². The normalized spacial score (nSPS) is 14.7. The third-order valence-electron chi connectivity index (χ3n) is 3.96. The molecular formula is C16H16F3N5O2S. The molecule has 1 aromatic heterocycles. The van der Waals surface area contributed by atoms with E-state index >= 15 is 0 Å². The summed E-state index contributed by atoms with van der Waals surface area (Å²) >= 11 is 0.860. The highest BCUT2D eigenvalue weighted by atomic mass is 32.2. The third kappa shape index (κ3) is 4.41. The lowest BCUT2D eigenvalue weighted by Crippen LogP contribution is -2.23. The minimum atomic E-state index is -4.60. The van der Waals surface area contributed by atoms with Gasteiger partial charge in [0.05, 0.1) is 5.75 Å². The molecule has 1 saturated heterocycles. The first-order chi connectivity index (χ1) is 12.8. The van der Waals surface area contributed by atoms with Crippen molar-refractivity contribution in [3.05, 3.63) is 30.1 Å². The Labute approximate surface area is 156 Å². The molecule has 2 aromatic rings. The molecule has 7 nitrogen and oxygen atoms in total. The SMILES string of the molecule is Cn1c(SCC(=O)Nc2ccc(N3CCCC3=O)cc2)nnc1C(F)(F)F. The first kappa shape index (κ1) is 19.2. The van der Waals surface area contributed by atoms with E-state index in [1.165, 1.54) is 7.05 Å². The number of nitrogens with zero attached hydrogens (tertiary/aromatic N) is 4. The van der Waals surface area contributed by atoms with Crippen molar-refractivity contribution < 1.29 is 22.8 Å². The highest BCUT2D eigenvalue weighted by molar-refractivity contribution is 7.99. The second-order valence-corrected chi connectivity index (χ2v) is 6.84. The second-order valence-electron chi connectivity index (χ2n) is 5.90. The van der Waals surface area contributed by atoms with Crippen LogP contribution in [0.4, 0.5) is 24.5 Å². The zero-order valence-corrected chi connectivity index (χ0v) is 15.1. The van der Waals surface area contributed by atoms with Crippen molar-refractivity contribution in [1.82, 2.24) is 14.8 Å². The van der Waals surface area contributed by atoms with Crippen LogP contribution in [0, 0.1) is 0 Å². The van der Waals surface area contributed by atoms with Crippen LogP contribution in [0.3, 0.4) is 0 Å². The fourth-order valence-corrected chi connectivity index (χ4v) is 3.37. The van der Waals surface area contributed by atoms with Crippen LogP contribution >= 0.6 is 11.8 Å². The van der Waals surface area contributed by atoms with Crippen molar-refractivity contribution in [1.29, 1.82) is 0 Å². The van der Waals surface area contributed by atoms with E-state index in [2.05, 4.69) is 15.5 Å². The van der Waals surface area contributed by atoms with E-state index in [1.54, 1.807) is 29.2 Å². The number of rotatable bonds is 5. The Morgan fingerprint density at radius 1 is 1.26 bits per heavy atom. The molecule has 2 heterocycles. The summed E-state index contributed by atoms with van der Waals surface area (Å²) in [6.45, 7) is 0.679. The van der Waals surface area contributed by atoms with Crippen LogP contribution in [0.25, 0.3) is 0 Å². The van der Waals surface area contributed by atoms with Crippen LogP contribution in [0.2, 0.25) is 0 Å². The lowest BCUT2D eigenvalue weighted by Gasteiger charge is -2.16. The van der Waals surface area contributed by atoms with Crippen molar-refractivity contribution in [2.24, 2.45) is 7.05 Å². The number of amides is 2. The lowest BCUT2D eigenvalue weighted by atomic mass is 10.2. The van der Waals surface area contributed by atoms with Gasteiger partial charge in [-0.3, -0.25) is 9.59 Å². The van der Waals surface area contributed by atoms with E-state index in [1.807, 2.05) is 0 Å². The van der Waals surface area contributed by atoms with Crippen molar-refractivity contribution in [2.45, 2.75) is 24.2 Å². The number of carbonyl (C=O) groups is 2. The van der Waals surface area contributed by atoms with E-state index < -0.39 is 12.0 Å². The van der Waals surface area contributed by atoms with Gasteiger partial charge in [0, 0.05) is 31.4 Å². The molecule has 1 fully saturated rings. The molecule has 0 unspecified atom stereocenters. The van der Waals surface area contributed by atoms with Crippen LogP contribution in [-0.2, 0) is 22.8 Å². The standard InChI is InChI=1S/C16H16F3N5O2S/c1-23-14(16(17,18)19)21-22-15(23)27-9-12(25)20-10-4-6-11(7-5-10)24-8-2-3-13(24)26/h4-7H,2-3,8-9H2,1H3,(H,20,25). The fourth-order valence-electron chi connectivity index (χ4n) is 2.66. The molecule has 3 rings (SSSR count). The summed E-state index contributed by atoms with van der Waals surface area (Å²) in [6, 6.07) is 6.83. The van der Waals surface area contributed by atoms with Gasteiger partial charge in [0.1, 0.15) is 0 Å². The van der Waals surface area contributed by atoms with Crippen LogP contribution < -0.4 is 10.2 Å². The minimum Gasteiger partial charge on any atom is -0.325 e. The summed E-state index contributed by atoms with van der Waals surface area (Å²) in [4.78, 5) is 25.4. The van der Waals surface area contributed by atoms with Gasteiger partial charge in [-0.1, -0.05) is 11.8 Å². The molecule has 1 N–H and O–H groups in total. The molecule has 0 aliphatic carbocycles. The Hall–Kier alpha value is -2.56. The number of halogens is 3. The molecule has 0 radical (unpaired) electrons. The average Bonchev–Trinajstić information content (AvgIpc) is 3.19. The maximum atomic E-state index is 12.7. The Kier molecular flexibility index (Phi) is 5.40. The molecule has 0 spiro atoms. The van der Waals surface area contributed by atoms with Crippen LogP contribution in [0.15, 0.2) is 29.4 Å². The molecule has 2 amide bonds. The lowest BCUT2D eigenvalue weighted by molar-refractivity contribution is -0.147. The van der Waals surface area contributed by atoms with E-state index in [9.17, 15) is 22.8 Å². The molecule has 0 saturated carbocycles. The molecule has 11 heteroatoms. The zero-order chi connectivity index (χ0) is 19.6. The molecule has 1 aromatic carbocycles. The number of thioether (sulfide) groups is 1. The average molecular weight is 399 g/mol. The Balaban J connectivity index is 1.55. The monoisotopic (exact) mass is 399 g/mol. The Morgan fingerprint density at radius 2 is 1.96 bits per heavy atom. The number of benzene rings is 1. The van der Waals surface area contributed by atoms with Gasteiger partial charge in [0.2, 0.25) is 17.6 Å². The van der Waals surface area contributed by atoms with Gasteiger partial charge in [-0.25, -0.2) is 0 Å². The van der Waals surface area contributed by atoms with Crippen LogP contribution in [-0.4, -0.2) is 38.9 Å². The van der Waals surface area contributed by atoms with Crippen LogP contribution in [0.1, 0.15) is 18.7 Å². The van der Waals surface area contributed by atoms with Gasteiger partial charge >= 0.3 is 6.18 Å². The summed E-state index contributed by atoms with van der Waals surface area (Å²) in [5, 5.41) is 9.22. The number of aromatic nitrogens is 3. The Morgan fingerprint density at radius 3 is 2.52 bits per heavy atom. The maximum Gasteiger partial charge on any atom is 0.451 e. The number of nitrogens with one attached hydrogen (secondary N) is 1. The summed E-state index contributed by atoms with van der Waals surface area (Å²) in [7, 11) is 1.20. The molecule has 144 valence electrons. The van der Waals surface area contributed by atoms with Crippen molar-refractivity contribution >= 4 is 35.0 Å². The highest BCUT2D eigenvalue weighted by Crippen LogP contribution is 2.29. The predicted octanol–water partition coefficient (Wildman–Crippen LogP) is 2.69. The van der Waals surface area contributed by atoms with Gasteiger partial charge in [-0.05, 0) is 30.7 Å². The van der Waals surface area contributed by atoms with Crippen molar-refractivity contribution in [2.75, 3.05) is 22.5 Å². The quantitative estimate of drug-likeness (QED) is 0.782. The molecule has 0 atom stereocenters. The Bertz CT molecular complexity index is 851. The first-order valence-corrected chi connectivity index (χ1v) is 9.04. The van der Waals surface area contributed by atoms with Crippen molar-refractivity contribution in [3.8, 4) is 0 Å².